The van der Waals surface area contributed by atoms with Crippen LogP contribution in [0.25, 0.3) is 0 Å². The van der Waals surface area contributed by atoms with Crippen molar-refractivity contribution >= 4 is 23.3 Å². The summed E-state index contributed by atoms with van der Waals surface area (Å²) in [5.41, 5.74) is 1.02. The fourth-order valence-corrected chi connectivity index (χ4v) is 1.32. The van der Waals surface area contributed by atoms with Crippen molar-refractivity contribution in [3.05, 3.63) is 29.8 Å². The molecule has 0 saturated carbocycles. The minimum Gasteiger partial charge on any atom is -0.459 e. The van der Waals surface area contributed by atoms with E-state index in [1.54, 1.807) is 38.1 Å². The van der Waals surface area contributed by atoms with Crippen LogP contribution in [-0.2, 0) is 14.3 Å². The lowest BCUT2D eigenvalue weighted by molar-refractivity contribution is -0.152. The molecule has 96 valence electrons. The van der Waals surface area contributed by atoms with Crippen LogP contribution in [0.15, 0.2) is 24.3 Å². The Morgan fingerprint density at radius 2 is 1.72 bits per heavy atom. The molecule has 1 N–H and O–H groups in total. The van der Waals surface area contributed by atoms with E-state index in [1.807, 2.05) is 0 Å². The normalized spacial score (nSPS) is 9.67. The lowest BCUT2D eigenvalue weighted by Gasteiger charge is -2.05. The van der Waals surface area contributed by atoms with Gasteiger partial charge < -0.3 is 10.1 Å². The summed E-state index contributed by atoms with van der Waals surface area (Å²) in [5, 5.41) is 2.39. The van der Waals surface area contributed by atoms with Gasteiger partial charge in [-0.2, -0.15) is 0 Å². The molecule has 0 aliphatic carbocycles. The zero-order chi connectivity index (χ0) is 13.5. The number of anilines is 1. The number of carbonyl (C=O) groups excluding carboxylic acids is 3. The van der Waals surface area contributed by atoms with Gasteiger partial charge in [-0.15, -0.1) is 0 Å². The quantitative estimate of drug-likeness (QED) is 0.501. The first-order valence-electron chi connectivity index (χ1n) is 5.69. The van der Waals surface area contributed by atoms with E-state index in [4.69, 9.17) is 0 Å². The Bertz CT molecular complexity index is 451. The first kappa shape index (κ1) is 13.9. The van der Waals surface area contributed by atoms with Crippen LogP contribution in [-0.4, -0.2) is 24.3 Å². The summed E-state index contributed by atoms with van der Waals surface area (Å²) in [6, 6.07) is 6.35. The van der Waals surface area contributed by atoms with E-state index in [-0.39, 0.29) is 12.4 Å². The maximum absolute atomic E-state index is 11.4. The molecule has 0 unspecified atom stereocenters. The first-order valence-corrected chi connectivity index (χ1v) is 5.69. The molecule has 1 rings (SSSR count). The van der Waals surface area contributed by atoms with Crippen molar-refractivity contribution in [1.29, 1.82) is 0 Å². The molecule has 1 aromatic carbocycles. The molecular formula is C13H15NO4. The summed E-state index contributed by atoms with van der Waals surface area (Å²) in [4.78, 5) is 33.8. The lowest BCUT2D eigenvalue weighted by atomic mass is 10.1. The van der Waals surface area contributed by atoms with Gasteiger partial charge in [0.1, 0.15) is 0 Å². The Balaban J connectivity index is 2.66. The molecule has 5 nitrogen and oxygen atoms in total. The van der Waals surface area contributed by atoms with Gasteiger partial charge >= 0.3 is 11.9 Å². The number of ether oxygens (including phenoxy) is 1. The van der Waals surface area contributed by atoms with Crippen molar-refractivity contribution in [1.82, 2.24) is 0 Å². The minimum absolute atomic E-state index is 0.0262. The average molecular weight is 249 g/mol. The van der Waals surface area contributed by atoms with Crippen LogP contribution in [0.3, 0.4) is 0 Å². The van der Waals surface area contributed by atoms with Gasteiger partial charge in [0.15, 0.2) is 5.78 Å². The second-order valence-electron chi connectivity index (χ2n) is 3.53. The van der Waals surface area contributed by atoms with Gasteiger partial charge in [-0.3, -0.25) is 9.59 Å². The van der Waals surface area contributed by atoms with Crippen LogP contribution in [0.4, 0.5) is 5.69 Å². The average Bonchev–Trinajstić information content (AvgIpc) is 2.39. The molecular weight excluding hydrogens is 234 g/mol. The van der Waals surface area contributed by atoms with Crippen molar-refractivity contribution in [3.63, 3.8) is 0 Å². The van der Waals surface area contributed by atoms with Crippen LogP contribution < -0.4 is 5.32 Å². The van der Waals surface area contributed by atoms with Crippen LogP contribution in [0, 0.1) is 0 Å². The van der Waals surface area contributed by atoms with Crippen molar-refractivity contribution in [2.45, 2.75) is 20.3 Å². The highest BCUT2D eigenvalue weighted by Gasteiger charge is 2.14. The van der Waals surface area contributed by atoms with Crippen LogP contribution in [0.1, 0.15) is 30.6 Å². The highest BCUT2D eigenvalue weighted by atomic mass is 16.5. The molecule has 0 aliphatic rings. The molecule has 5 heteroatoms. The second kappa shape index (κ2) is 6.54. The van der Waals surface area contributed by atoms with E-state index in [1.165, 1.54) is 0 Å². The summed E-state index contributed by atoms with van der Waals surface area (Å²) in [6.07, 6.45) is 0.425. The summed E-state index contributed by atoms with van der Waals surface area (Å²) in [6.45, 7) is 3.55. The molecule has 1 amide bonds. The number of hydrogen-bond acceptors (Lipinski definition) is 4. The first-order chi connectivity index (χ1) is 8.58. The number of nitrogens with one attached hydrogen (secondary N) is 1. The predicted molar refractivity (Wildman–Crippen MR) is 66.3 cm³/mol. The predicted octanol–water partition coefficient (Wildman–Crippen LogP) is 1.78. The third-order valence-corrected chi connectivity index (χ3v) is 2.25. The highest BCUT2D eigenvalue weighted by Crippen LogP contribution is 2.11. The van der Waals surface area contributed by atoms with Crippen molar-refractivity contribution in [2.75, 3.05) is 11.9 Å². The van der Waals surface area contributed by atoms with Crippen LogP contribution in [0.2, 0.25) is 0 Å². The Hall–Kier alpha value is -2.17. The molecule has 0 bridgehead atoms. The van der Waals surface area contributed by atoms with Crippen molar-refractivity contribution < 1.29 is 19.1 Å². The monoisotopic (exact) mass is 249 g/mol. The van der Waals surface area contributed by atoms with Crippen molar-refractivity contribution in [2.24, 2.45) is 0 Å². The van der Waals surface area contributed by atoms with Gasteiger partial charge in [0.2, 0.25) is 0 Å². The summed E-state index contributed by atoms with van der Waals surface area (Å²) in [5.74, 6) is -1.73. The van der Waals surface area contributed by atoms with Crippen LogP contribution >= 0.6 is 0 Å². The van der Waals surface area contributed by atoms with E-state index in [0.717, 1.165) is 0 Å². The van der Waals surface area contributed by atoms with Crippen molar-refractivity contribution in [3.8, 4) is 0 Å². The number of benzene rings is 1. The van der Waals surface area contributed by atoms with E-state index in [9.17, 15) is 14.4 Å². The Labute approximate surface area is 105 Å². The smallest absolute Gasteiger partial charge is 0.397 e. The fourth-order valence-electron chi connectivity index (χ4n) is 1.32. The van der Waals surface area contributed by atoms with Gasteiger partial charge in [0.05, 0.1) is 6.61 Å². The molecule has 0 radical (unpaired) electrons. The minimum atomic E-state index is -0.925. The summed E-state index contributed by atoms with van der Waals surface area (Å²) >= 11 is 0. The highest BCUT2D eigenvalue weighted by molar-refractivity contribution is 6.37. The molecule has 18 heavy (non-hydrogen) atoms. The summed E-state index contributed by atoms with van der Waals surface area (Å²) < 4.78 is 4.55. The molecule has 0 atom stereocenters. The van der Waals surface area contributed by atoms with Gasteiger partial charge in [-0.05, 0) is 31.2 Å². The van der Waals surface area contributed by atoms with E-state index in [2.05, 4.69) is 10.1 Å². The molecule has 0 fully saturated rings. The molecule has 0 heterocycles. The fraction of sp³-hybridized carbons (Fsp3) is 0.308. The number of Topliss-reactive ketones (excluding diaryl/α,β-unsaturated/α-hetero) is 1. The lowest BCUT2D eigenvalue weighted by Crippen LogP contribution is -2.24. The van der Waals surface area contributed by atoms with Gasteiger partial charge in [-0.1, -0.05) is 6.92 Å². The summed E-state index contributed by atoms with van der Waals surface area (Å²) in [7, 11) is 0. The number of amides is 1. The van der Waals surface area contributed by atoms with E-state index >= 15 is 0 Å². The molecule has 0 saturated heterocycles. The largest absolute Gasteiger partial charge is 0.459 e. The van der Waals surface area contributed by atoms with Crippen LogP contribution in [0.5, 0.6) is 0 Å². The van der Waals surface area contributed by atoms with Gasteiger partial charge in [-0.25, -0.2) is 4.79 Å². The number of esters is 1. The Kier molecular flexibility index (Phi) is 5.05. The molecule has 0 spiro atoms. The number of hydrogen-bond donors (Lipinski definition) is 1. The Morgan fingerprint density at radius 1 is 1.11 bits per heavy atom. The zero-order valence-corrected chi connectivity index (χ0v) is 10.4. The standard InChI is InChI=1S/C13H15NO4/c1-3-11(15)9-5-7-10(8-6-9)14-12(16)13(17)18-4-2/h5-8H,3-4H2,1-2H3,(H,14,16). The third-order valence-electron chi connectivity index (χ3n) is 2.25. The number of carbonyl (C=O) groups is 3. The third kappa shape index (κ3) is 3.69. The van der Waals surface area contributed by atoms with Gasteiger partial charge in [0, 0.05) is 17.7 Å². The Morgan fingerprint density at radius 3 is 2.22 bits per heavy atom. The topological polar surface area (TPSA) is 72.5 Å². The number of ketones is 1. The molecule has 0 aliphatic heterocycles. The van der Waals surface area contributed by atoms with E-state index in [0.29, 0.717) is 17.7 Å². The second-order valence-corrected chi connectivity index (χ2v) is 3.53. The zero-order valence-electron chi connectivity index (χ0n) is 10.4. The molecule has 0 aromatic heterocycles. The maximum atomic E-state index is 11.4. The number of rotatable bonds is 4. The molecule has 1 aromatic rings. The van der Waals surface area contributed by atoms with Gasteiger partial charge in [0.25, 0.3) is 0 Å². The SMILES string of the molecule is CCOC(=O)C(=O)Nc1ccc(C(=O)CC)cc1. The van der Waals surface area contributed by atoms with E-state index < -0.39 is 11.9 Å². The maximum Gasteiger partial charge on any atom is 0.397 e.